The zero-order chi connectivity index (χ0) is 14.7. The number of methoxy groups -OCH3 is 1. The molecular weight excluding hydrogens is 236 g/mol. The van der Waals surface area contributed by atoms with E-state index in [4.69, 9.17) is 4.74 Å². The van der Waals surface area contributed by atoms with Crippen LogP contribution in [0.5, 0.6) is 0 Å². The van der Waals surface area contributed by atoms with E-state index in [0.717, 1.165) is 17.5 Å². The fourth-order valence-corrected chi connectivity index (χ4v) is 2.03. The van der Waals surface area contributed by atoms with E-state index >= 15 is 0 Å². The van der Waals surface area contributed by atoms with Crippen molar-refractivity contribution in [2.75, 3.05) is 7.11 Å². The van der Waals surface area contributed by atoms with Crippen LogP contribution in [0.3, 0.4) is 0 Å². The topological polar surface area (TPSA) is 26.3 Å². The molecule has 0 spiro atoms. The van der Waals surface area contributed by atoms with Gasteiger partial charge in [0, 0.05) is 19.1 Å². The molecule has 0 radical (unpaired) electrons. The number of hydrogen-bond donors (Lipinski definition) is 0. The third kappa shape index (κ3) is 4.46. The Bertz CT molecular complexity index is 439. The van der Waals surface area contributed by atoms with Crippen molar-refractivity contribution in [1.82, 2.24) is 0 Å². The number of ether oxygens (including phenoxy) is 1. The lowest BCUT2D eigenvalue weighted by atomic mass is 9.82. The first kappa shape index (κ1) is 15.9. The third-order valence-corrected chi connectivity index (χ3v) is 3.54. The van der Waals surface area contributed by atoms with Crippen molar-refractivity contribution < 1.29 is 9.53 Å². The van der Waals surface area contributed by atoms with Gasteiger partial charge in [0.05, 0.1) is 5.60 Å². The molecule has 0 saturated heterocycles. The lowest BCUT2D eigenvalue weighted by Crippen LogP contribution is -2.24. The fraction of sp³-hybridized carbons (Fsp3) is 0.588. The summed E-state index contributed by atoms with van der Waals surface area (Å²) in [7, 11) is 1.69. The highest BCUT2D eigenvalue weighted by molar-refractivity contribution is 5.97. The Morgan fingerprint density at radius 2 is 1.68 bits per heavy atom. The molecule has 1 aromatic rings. The van der Waals surface area contributed by atoms with Crippen molar-refractivity contribution in [3.63, 3.8) is 0 Å². The average molecular weight is 262 g/mol. The average Bonchev–Trinajstić information content (AvgIpc) is 2.35. The molecule has 0 bridgehead atoms. The van der Waals surface area contributed by atoms with Crippen molar-refractivity contribution in [3.05, 3.63) is 35.4 Å². The monoisotopic (exact) mass is 262 g/mol. The molecule has 0 N–H and O–H groups in total. The van der Waals surface area contributed by atoms with Crippen LogP contribution in [-0.4, -0.2) is 18.5 Å². The lowest BCUT2D eigenvalue weighted by Gasteiger charge is -2.24. The van der Waals surface area contributed by atoms with Gasteiger partial charge in [0.25, 0.3) is 0 Å². The Balaban J connectivity index is 2.90. The molecule has 0 fully saturated rings. The maximum Gasteiger partial charge on any atom is 0.163 e. The summed E-state index contributed by atoms with van der Waals surface area (Å²) in [5.41, 5.74) is 1.71. The molecule has 0 saturated carbocycles. The molecule has 2 heteroatoms. The molecule has 106 valence electrons. The smallest absolute Gasteiger partial charge is 0.163 e. The van der Waals surface area contributed by atoms with Gasteiger partial charge < -0.3 is 4.74 Å². The molecule has 0 aromatic heterocycles. The molecule has 1 rings (SSSR count). The van der Waals surface area contributed by atoms with Crippen LogP contribution in [0.4, 0.5) is 0 Å². The predicted molar refractivity (Wildman–Crippen MR) is 79.8 cm³/mol. The quantitative estimate of drug-likeness (QED) is 0.736. The Kier molecular flexibility index (Phi) is 4.92. The summed E-state index contributed by atoms with van der Waals surface area (Å²) in [6.07, 6.45) is 1.26. The van der Waals surface area contributed by atoms with Gasteiger partial charge in [0.1, 0.15) is 0 Å². The minimum absolute atomic E-state index is 0.0109. The zero-order valence-corrected chi connectivity index (χ0v) is 13.0. The van der Waals surface area contributed by atoms with E-state index in [1.54, 1.807) is 7.11 Å². The molecule has 0 aliphatic heterocycles. The molecule has 2 nitrogen and oxygen atoms in total. The minimum Gasteiger partial charge on any atom is -0.379 e. The molecule has 0 amide bonds. The number of rotatable bonds is 5. The van der Waals surface area contributed by atoms with Gasteiger partial charge in [0.15, 0.2) is 5.78 Å². The van der Waals surface area contributed by atoms with Gasteiger partial charge in [-0.3, -0.25) is 4.79 Å². The lowest BCUT2D eigenvalue weighted by molar-refractivity contribution is 0.0141. The van der Waals surface area contributed by atoms with Crippen molar-refractivity contribution >= 4 is 5.78 Å². The van der Waals surface area contributed by atoms with Crippen molar-refractivity contribution in [3.8, 4) is 0 Å². The van der Waals surface area contributed by atoms with Gasteiger partial charge >= 0.3 is 0 Å². The summed E-state index contributed by atoms with van der Waals surface area (Å²) in [5.74, 6) is 0.204. The first-order chi connectivity index (χ1) is 8.67. The number of hydrogen-bond acceptors (Lipinski definition) is 2. The van der Waals surface area contributed by atoms with Gasteiger partial charge in [0.2, 0.25) is 0 Å². The van der Waals surface area contributed by atoms with Gasteiger partial charge in [-0.25, -0.2) is 0 Å². The minimum atomic E-state index is -0.244. The van der Waals surface area contributed by atoms with Crippen LogP contribution in [0.25, 0.3) is 0 Å². The summed E-state index contributed by atoms with van der Waals surface area (Å²) in [5, 5.41) is 0. The first-order valence-corrected chi connectivity index (χ1v) is 6.85. The molecule has 1 aromatic carbocycles. The Labute approximate surface area is 117 Å². The maximum atomic E-state index is 12.4. The number of Topliss-reactive ketones (excluding diaryl/α,β-unsaturated/α-hetero) is 1. The van der Waals surface area contributed by atoms with Crippen molar-refractivity contribution in [1.29, 1.82) is 0 Å². The van der Waals surface area contributed by atoms with E-state index in [9.17, 15) is 4.79 Å². The van der Waals surface area contributed by atoms with Crippen LogP contribution in [-0.2, 0) is 10.2 Å². The van der Waals surface area contributed by atoms with Gasteiger partial charge in [-0.15, -0.1) is 0 Å². The van der Waals surface area contributed by atoms with Crippen LogP contribution in [0.1, 0.15) is 63.4 Å². The van der Waals surface area contributed by atoms with E-state index in [1.165, 1.54) is 0 Å². The normalized spacial score (nSPS) is 12.5. The molecule has 19 heavy (non-hydrogen) atoms. The molecule has 0 atom stereocenters. The number of ketones is 1. The van der Waals surface area contributed by atoms with Crippen LogP contribution >= 0.6 is 0 Å². The van der Waals surface area contributed by atoms with Crippen LogP contribution < -0.4 is 0 Å². The number of benzene rings is 1. The molecule has 0 aliphatic rings. The highest BCUT2D eigenvalue weighted by Gasteiger charge is 2.23. The third-order valence-electron chi connectivity index (χ3n) is 3.54. The van der Waals surface area contributed by atoms with E-state index in [2.05, 4.69) is 26.8 Å². The van der Waals surface area contributed by atoms with Crippen LogP contribution in [0.2, 0.25) is 0 Å². The predicted octanol–water partition coefficient (Wildman–Crippen LogP) is 4.37. The van der Waals surface area contributed by atoms with Crippen molar-refractivity contribution in [2.24, 2.45) is 0 Å². The first-order valence-electron chi connectivity index (χ1n) is 6.85. The number of carbonyl (C=O) groups excluding carboxylic acids is 1. The molecule has 0 unspecified atom stereocenters. The molecule has 0 heterocycles. The van der Waals surface area contributed by atoms with E-state index < -0.39 is 0 Å². The van der Waals surface area contributed by atoms with E-state index in [-0.39, 0.29) is 16.8 Å². The highest BCUT2D eigenvalue weighted by Crippen LogP contribution is 2.27. The largest absolute Gasteiger partial charge is 0.379 e. The Morgan fingerprint density at radius 3 is 2.21 bits per heavy atom. The number of carbonyl (C=O) groups is 1. The summed E-state index contributed by atoms with van der Waals surface area (Å²) in [4.78, 5) is 12.4. The van der Waals surface area contributed by atoms with Crippen LogP contribution in [0, 0.1) is 0 Å². The second kappa shape index (κ2) is 5.87. The fourth-order valence-electron chi connectivity index (χ4n) is 2.03. The second-order valence-corrected chi connectivity index (χ2v) is 6.68. The van der Waals surface area contributed by atoms with Gasteiger partial charge in [-0.05, 0) is 31.2 Å². The van der Waals surface area contributed by atoms with Crippen LogP contribution in [0.15, 0.2) is 24.3 Å². The highest BCUT2D eigenvalue weighted by atomic mass is 16.5. The summed E-state index contributed by atoms with van der Waals surface area (Å²) in [6.45, 7) is 10.4. The molecular formula is C17H26O2. The molecule has 0 aliphatic carbocycles. The Hall–Kier alpha value is -1.15. The summed E-state index contributed by atoms with van der Waals surface area (Å²) in [6, 6.07) is 7.91. The Morgan fingerprint density at radius 1 is 1.11 bits per heavy atom. The van der Waals surface area contributed by atoms with Gasteiger partial charge in [-0.1, -0.05) is 45.0 Å². The van der Waals surface area contributed by atoms with Gasteiger partial charge in [-0.2, -0.15) is 0 Å². The maximum absolute atomic E-state index is 12.4. The standard InChI is InChI=1S/C17H26O2/c1-16(2,3)14-10-8-7-9-13(14)15(18)11-12-17(4,5)19-6/h7-10H,11-12H2,1-6H3. The summed E-state index contributed by atoms with van der Waals surface area (Å²) < 4.78 is 5.37. The summed E-state index contributed by atoms with van der Waals surface area (Å²) >= 11 is 0. The van der Waals surface area contributed by atoms with Crippen molar-refractivity contribution in [2.45, 2.75) is 58.5 Å². The van der Waals surface area contributed by atoms with E-state index in [0.29, 0.717) is 6.42 Å². The van der Waals surface area contributed by atoms with E-state index in [1.807, 2.05) is 32.0 Å². The second-order valence-electron chi connectivity index (χ2n) is 6.68. The zero-order valence-electron chi connectivity index (χ0n) is 13.0. The SMILES string of the molecule is COC(C)(C)CCC(=O)c1ccccc1C(C)(C)C.